The summed E-state index contributed by atoms with van der Waals surface area (Å²) in [6, 6.07) is 5.72. The predicted octanol–water partition coefficient (Wildman–Crippen LogP) is 2.32. The molecule has 1 unspecified atom stereocenters. The Kier molecular flexibility index (Phi) is 5.65. The number of carbonyl (C=O) groups is 1. The van der Waals surface area contributed by atoms with Crippen molar-refractivity contribution in [2.75, 3.05) is 12.4 Å². The summed E-state index contributed by atoms with van der Waals surface area (Å²) < 4.78 is 5.25. The lowest BCUT2D eigenvalue weighted by molar-refractivity contribution is -0.116. The number of nitrogens with two attached hydrogens (primary N) is 1. The molecule has 0 aliphatic rings. The summed E-state index contributed by atoms with van der Waals surface area (Å²) in [7, 11) is 1.65. The van der Waals surface area contributed by atoms with E-state index in [9.17, 15) is 4.79 Å². The van der Waals surface area contributed by atoms with Gasteiger partial charge in [-0.15, -0.1) is 0 Å². The van der Waals surface area contributed by atoms with Gasteiger partial charge in [0.25, 0.3) is 0 Å². The van der Waals surface area contributed by atoms with Crippen LogP contribution < -0.4 is 15.8 Å². The Morgan fingerprint density at radius 1 is 1.50 bits per heavy atom. The molecule has 100 valence electrons. The zero-order chi connectivity index (χ0) is 13.5. The van der Waals surface area contributed by atoms with E-state index >= 15 is 0 Å². The van der Waals surface area contributed by atoms with Crippen LogP contribution in [0.5, 0.6) is 5.75 Å². The van der Waals surface area contributed by atoms with Crippen LogP contribution in [0.3, 0.4) is 0 Å². The Labute approximate surface area is 109 Å². The maximum absolute atomic E-state index is 11.7. The number of carbonyl (C=O) groups excluding carboxylic acids is 1. The molecule has 0 radical (unpaired) electrons. The van der Waals surface area contributed by atoms with Gasteiger partial charge in [-0.3, -0.25) is 4.79 Å². The van der Waals surface area contributed by atoms with Gasteiger partial charge in [0.1, 0.15) is 5.75 Å². The summed E-state index contributed by atoms with van der Waals surface area (Å²) in [5, 5.41) is 2.87. The van der Waals surface area contributed by atoms with Crippen LogP contribution in [-0.2, 0) is 11.2 Å². The van der Waals surface area contributed by atoms with Gasteiger partial charge in [0.15, 0.2) is 0 Å². The van der Waals surface area contributed by atoms with E-state index in [1.807, 2.05) is 25.1 Å². The molecule has 0 heterocycles. The van der Waals surface area contributed by atoms with Crippen molar-refractivity contribution in [2.24, 2.45) is 5.73 Å². The van der Waals surface area contributed by atoms with Gasteiger partial charge in [-0.2, -0.15) is 0 Å². The van der Waals surface area contributed by atoms with E-state index in [1.54, 1.807) is 7.11 Å². The fourth-order valence-electron chi connectivity index (χ4n) is 1.71. The van der Waals surface area contributed by atoms with Gasteiger partial charge in [-0.1, -0.05) is 6.92 Å². The first kappa shape index (κ1) is 14.5. The second-order valence-corrected chi connectivity index (χ2v) is 4.44. The number of methoxy groups -OCH3 is 1. The molecular formula is C14H22N2O2. The smallest absolute Gasteiger partial charge is 0.224 e. The van der Waals surface area contributed by atoms with Gasteiger partial charge >= 0.3 is 0 Å². The monoisotopic (exact) mass is 250 g/mol. The molecule has 1 aromatic rings. The van der Waals surface area contributed by atoms with Crippen LogP contribution >= 0.6 is 0 Å². The molecule has 0 aliphatic carbocycles. The quantitative estimate of drug-likeness (QED) is 0.814. The molecule has 0 aromatic heterocycles. The Morgan fingerprint density at radius 3 is 2.78 bits per heavy atom. The topological polar surface area (TPSA) is 64.4 Å². The number of benzene rings is 1. The average molecular weight is 250 g/mol. The van der Waals surface area contributed by atoms with Crippen molar-refractivity contribution < 1.29 is 9.53 Å². The van der Waals surface area contributed by atoms with E-state index in [2.05, 4.69) is 12.2 Å². The van der Waals surface area contributed by atoms with E-state index in [0.717, 1.165) is 23.4 Å². The SMILES string of the molecule is CCc1cc(NC(=O)CCC(C)N)ccc1OC. The second-order valence-electron chi connectivity index (χ2n) is 4.44. The van der Waals surface area contributed by atoms with Crippen LogP contribution in [0.15, 0.2) is 18.2 Å². The summed E-state index contributed by atoms with van der Waals surface area (Å²) in [5.74, 6) is 0.852. The Morgan fingerprint density at radius 2 is 2.22 bits per heavy atom. The lowest BCUT2D eigenvalue weighted by Gasteiger charge is -2.11. The minimum absolute atomic E-state index is 0.000445. The van der Waals surface area contributed by atoms with Crippen LogP contribution in [0, 0.1) is 0 Å². The summed E-state index contributed by atoms with van der Waals surface area (Å²) in [6.07, 6.45) is 2.01. The minimum Gasteiger partial charge on any atom is -0.496 e. The summed E-state index contributed by atoms with van der Waals surface area (Å²) >= 11 is 0. The first-order chi connectivity index (χ1) is 8.56. The van der Waals surface area contributed by atoms with Crippen LogP contribution in [0.25, 0.3) is 0 Å². The van der Waals surface area contributed by atoms with E-state index in [4.69, 9.17) is 10.5 Å². The van der Waals surface area contributed by atoms with Crippen molar-refractivity contribution in [2.45, 2.75) is 39.2 Å². The molecule has 0 saturated carbocycles. The Hall–Kier alpha value is -1.55. The van der Waals surface area contributed by atoms with Crippen LogP contribution in [0.2, 0.25) is 0 Å². The molecule has 1 amide bonds. The third-order valence-electron chi connectivity index (χ3n) is 2.77. The van der Waals surface area contributed by atoms with Crippen molar-refractivity contribution in [3.63, 3.8) is 0 Å². The highest BCUT2D eigenvalue weighted by Gasteiger charge is 2.07. The van der Waals surface area contributed by atoms with Gasteiger partial charge in [-0.05, 0) is 43.5 Å². The molecular weight excluding hydrogens is 228 g/mol. The maximum Gasteiger partial charge on any atom is 0.224 e. The normalized spacial score (nSPS) is 12.0. The lowest BCUT2D eigenvalue weighted by atomic mass is 10.1. The number of anilines is 1. The first-order valence-electron chi connectivity index (χ1n) is 6.29. The van der Waals surface area contributed by atoms with Crippen LogP contribution in [-0.4, -0.2) is 19.1 Å². The maximum atomic E-state index is 11.7. The summed E-state index contributed by atoms with van der Waals surface area (Å²) in [5.41, 5.74) is 7.51. The van der Waals surface area contributed by atoms with Crippen molar-refractivity contribution in [3.8, 4) is 5.75 Å². The predicted molar refractivity (Wildman–Crippen MR) is 73.9 cm³/mol. The van der Waals surface area contributed by atoms with Crippen molar-refractivity contribution in [3.05, 3.63) is 23.8 Å². The van der Waals surface area contributed by atoms with Crippen LogP contribution in [0.4, 0.5) is 5.69 Å². The highest BCUT2D eigenvalue weighted by Crippen LogP contribution is 2.23. The zero-order valence-electron chi connectivity index (χ0n) is 11.3. The Bertz CT molecular complexity index is 403. The molecule has 0 aliphatic heterocycles. The van der Waals surface area contributed by atoms with Gasteiger partial charge in [-0.25, -0.2) is 0 Å². The fourth-order valence-corrected chi connectivity index (χ4v) is 1.71. The van der Waals surface area contributed by atoms with Crippen molar-refractivity contribution in [1.82, 2.24) is 0 Å². The van der Waals surface area contributed by atoms with Gasteiger partial charge in [0, 0.05) is 18.2 Å². The van der Waals surface area contributed by atoms with Gasteiger partial charge in [0.05, 0.1) is 7.11 Å². The van der Waals surface area contributed by atoms with E-state index in [-0.39, 0.29) is 11.9 Å². The first-order valence-corrected chi connectivity index (χ1v) is 6.29. The third kappa shape index (κ3) is 4.37. The molecule has 3 N–H and O–H groups in total. The van der Waals surface area contributed by atoms with Gasteiger partial charge < -0.3 is 15.8 Å². The highest BCUT2D eigenvalue weighted by atomic mass is 16.5. The molecule has 1 rings (SSSR count). The zero-order valence-corrected chi connectivity index (χ0v) is 11.3. The molecule has 0 fully saturated rings. The largest absolute Gasteiger partial charge is 0.496 e. The van der Waals surface area contributed by atoms with E-state index in [1.165, 1.54) is 0 Å². The summed E-state index contributed by atoms with van der Waals surface area (Å²) in [4.78, 5) is 11.7. The number of aryl methyl sites for hydroxylation is 1. The number of hydrogen-bond acceptors (Lipinski definition) is 3. The molecule has 1 atom stereocenters. The minimum atomic E-state index is -0.000445. The van der Waals surface area contributed by atoms with Gasteiger partial charge in [0.2, 0.25) is 5.91 Å². The number of ether oxygens (including phenoxy) is 1. The highest BCUT2D eigenvalue weighted by molar-refractivity contribution is 5.90. The standard InChI is InChI=1S/C14H22N2O2/c1-4-11-9-12(6-7-13(11)18-3)16-14(17)8-5-10(2)15/h6-7,9-10H,4-5,8,15H2,1-3H3,(H,16,17). The number of hydrogen-bond donors (Lipinski definition) is 2. The molecule has 4 heteroatoms. The second kappa shape index (κ2) is 7.01. The molecule has 18 heavy (non-hydrogen) atoms. The molecule has 1 aromatic carbocycles. The summed E-state index contributed by atoms with van der Waals surface area (Å²) in [6.45, 7) is 3.95. The molecule has 4 nitrogen and oxygen atoms in total. The van der Waals surface area contributed by atoms with Crippen LogP contribution in [0.1, 0.15) is 32.3 Å². The molecule has 0 bridgehead atoms. The molecule has 0 spiro atoms. The Balaban J connectivity index is 2.64. The number of nitrogens with one attached hydrogen (secondary N) is 1. The molecule has 0 saturated heterocycles. The lowest BCUT2D eigenvalue weighted by Crippen LogP contribution is -2.19. The number of rotatable bonds is 6. The van der Waals surface area contributed by atoms with E-state index < -0.39 is 0 Å². The van der Waals surface area contributed by atoms with Crippen molar-refractivity contribution in [1.29, 1.82) is 0 Å². The fraction of sp³-hybridized carbons (Fsp3) is 0.500. The van der Waals surface area contributed by atoms with E-state index in [0.29, 0.717) is 12.8 Å². The number of amides is 1. The third-order valence-corrected chi connectivity index (χ3v) is 2.77. The van der Waals surface area contributed by atoms with Crippen molar-refractivity contribution >= 4 is 11.6 Å². The average Bonchev–Trinajstić information content (AvgIpc) is 2.36.